The molecule has 1 amide bonds. The molecule has 0 atom stereocenters. The summed E-state index contributed by atoms with van der Waals surface area (Å²) in [6.45, 7) is 3.15. The molecule has 0 unspecified atom stereocenters. The molecular weight excluding hydrogens is 481 g/mol. The number of nitrogens with zero attached hydrogens (tertiary/aromatic N) is 3. The van der Waals surface area contributed by atoms with Crippen molar-refractivity contribution in [3.05, 3.63) is 70.9 Å². The summed E-state index contributed by atoms with van der Waals surface area (Å²) in [5.74, 6) is -2.01. The van der Waals surface area contributed by atoms with Gasteiger partial charge in [-0.3, -0.25) is 9.48 Å². The molecule has 3 aromatic rings. The lowest BCUT2D eigenvalue weighted by Crippen LogP contribution is -2.63. The fourth-order valence-corrected chi connectivity index (χ4v) is 5.26. The maximum atomic E-state index is 13.8. The molecule has 0 bridgehead atoms. The van der Waals surface area contributed by atoms with Gasteiger partial charge < -0.3 is 9.64 Å². The van der Waals surface area contributed by atoms with Gasteiger partial charge in [-0.15, -0.1) is 0 Å². The maximum absolute atomic E-state index is 13.8. The summed E-state index contributed by atoms with van der Waals surface area (Å²) >= 11 is 0. The first-order valence-electron chi connectivity index (χ1n) is 11.5. The predicted molar refractivity (Wildman–Crippen MR) is 122 cm³/mol. The number of ether oxygens (including phenoxy) is 1. The van der Waals surface area contributed by atoms with Crippen molar-refractivity contribution in [3.63, 3.8) is 0 Å². The van der Waals surface area contributed by atoms with Crippen molar-refractivity contribution >= 4 is 5.91 Å². The average molecular weight is 505 g/mol. The second kappa shape index (κ2) is 8.60. The molecule has 2 aromatic carbocycles. The highest BCUT2D eigenvalue weighted by atomic mass is 19.4. The van der Waals surface area contributed by atoms with Gasteiger partial charge in [-0.1, -0.05) is 6.07 Å². The van der Waals surface area contributed by atoms with E-state index in [1.54, 1.807) is 11.0 Å². The number of carbonyl (C=O) groups excluding carboxylic acids is 1. The predicted octanol–water partition coefficient (Wildman–Crippen LogP) is 5.86. The number of aromatic nitrogens is 2. The van der Waals surface area contributed by atoms with Crippen LogP contribution in [-0.2, 0) is 0 Å². The smallest absolute Gasteiger partial charge is 0.422 e. The lowest BCUT2D eigenvalue weighted by molar-refractivity contribution is -0.153. The van der Waals surface area contributed by atoms with Crippen LogP contribution in [0.5, 0.6) is 5.75 Å². The minimum absolute atomic E-state index is 0.0827. The normalized spacial score (nSPS) is 17.1. The number of rotatable bonds is 5. The summed E-state index contributed by atoms with van der Waals surface area (Å²) in [7, 11) is 0. The van der Waals surface area contributed by atoms with Crippen molar-refractivity contribution in [1.29, 1.82) is 0 Å². The van der Waals surface area contributed by atoms with Gasteiger partial charge in [-0.25, -0.2) is 8.78 Å². The van der Waals surface area contributed by atoms with Gasteiger partial charge in [0.05, 0.1) is 17.3 Å². The van der Waals surface area contributed by atoms with Crippen LogP contribution in [0.4, 0.5) is 22.0 Å². The van der Waals surface area contributed by atoms with Crippen molar-refractivity contribution in [2.24, 2.45) is 5.41 Å². The van der Waals surface area contributed by atoms with Crippen molar-refractivity contribution in [1.82, 2.24) is 14.7 Å². The van der Waals surface area contributed by atoms with E-state index in [-0.39, 0.29) is 22.8 Å². The first-order chi connectivity index (χ1) is 16.9. The molecule has 5 nitrogen and oxygen atoms in total. The van der Waals surface area contributed by atoms with E-state index in [4.69, 9.17) is 9.84 Å². The molecule has 1 saturated carbocycles. The zero-order valence-electron chi connectivity index (χ0n) is 19.7. The maximum Gasteiger partial charge on any atom is 0.422 e. The third-order valence-corrected chi connectivity index (χ3v) is 6.99. The number of carbonyl (C=O) groups is 1. The molecule has 2 heterocycles. The van der Waals surface area contributed by atoms with Crippen LogP contribution in [0.1, 0.15) is 40.5 Å². The second-order valence-corrected chi connectivity index (χ2v) is 9.84. The van der Waals surface area contributed by atoms with E-state index in [1.807, 2.05) is 24.6 Å². The Balaban J connectivity index is 1.23. The Morgan fingerprint density at radius 3 is 2.42 bits per heavy atom. The highest BCUT2D eigenvalue weighted by Crippen LogP contribution is 2.54. The number of aryl methyl sites for hydroxylation is 2. The fourth-order valence-electron chi connectivity index (χ4n) is 5.26. The molecule has 36 heavy (non-hydrogen) atoms. The quantitative estimate of drug-likeness (QED) is 0.408. The molecule has 0 N–H and O–H groups in total. The number of halogens is 5. The highest BCUT2D eigenvalue weighted by molar-refractivity contribution is 5.97. The lowest BCUT2D eigenvalue weighted by atomic mass is 9.60. The Morgan fingerprint density at radius 1 is 1.06 bits per heavy atom. The highest BCUT2D eigenvalue weighted by Gasteiger charge is 2.55. The summed E-state index contributed by atoms with van der Waals surface area (Å²) in [5.41, 5.74) is 3.16. The molecule has 1 spiro atoms. The molecule has 0 radical (unpaired) electrons. The first-order valence-corrected chi connectivity index (χ1v) is 11.5. The van der Waals surface area contributed by atoms with Crippen molar-refractivity contribution in [2.45, 2.75) is 38.9 Å². The van der Waals surface area contributed by atoms with E-state index in [0.29, 0.717) is 18.8 Å². The van der Waals surface area contributed by atoms with Gasteiger partial charge in [0, 0.05) is 35.8 Å². The van der Waals surface area contributed by atoms with Crippen LogP contribution in [0.15, 0.2) is 42.5 Å². The van der Waals surface area contributed by atoms with E-state index in [2.05, 4.69) is 0 Å². The number of hydrogen-bond acceptors (Lipinski definition) is 3. The van der Waals surface area contributed by atoms with Gasteiger partial charge in [0.15, 0.2) is 6.61 Å². The summed E-state index contributed by atoms with van der Waals surface area (Å²) in [6.07, 6.45) is -3.02. The van der Waals surface area contributed by atoms with Crippen LogP contribution in [0.2, 0.25) is 0 Å². The molecule has 190 valence electrons. The van der Waals surface area contributed by atoms with Crippen LogP contribution in [0, 0.1) is 30.9 Å². The van der Waals surface area contributed by atoms with Gasteiger partial charge in [-0.2, -0.15) is 18.3 Å². The summed E-state index contributed by atoms with van der Waals surface area (Å²) in [6, 6.07) is 9.66. The van der Waals surface area contributed by atoms with E-state index in [9.17, 15) is 26.7 Å². The van der Waals surface area contributed by atoms with E-state index in [1.165, 1.54) is 12.1 Å². The molecule has 5 rings (SSSR count). The van der Waals surface area contributed by atoms with Crippen LogP contribution < -0.4 is 4.74 Å². The third kappa shape index (κ3) is 4.56. The van der Waals surface area contributed by atoms with Gasteiger partial charge in [0.2, 0.25) is 0 Å². The minimum atomic E-state index is -4.60. The number of hydrogen-bond donors (Lipinski definition) is 0. The van der Waals surface area contributed by atoms with E-state index in [0.717, 1.165) is 47.9 Å². The Labute approximate surface area is 204 Å². The van der Waals surface area contributed by atoms with Gasteiger partial charge in [0.1, 0.15) is 17.4 Å². The molecule has 1 aromatic heterocycles. The molecule has 2 aliphatic rings. The first kappa shape index (κ1) is 24.3. The number of amides is 1. The van der Waals surface area contributed by atoms with Crippen LogP contribution in [0.3, 0.4) is 0 Å². The largest absolute Gasteiger partial charge is 0.483 e. The van der Waals surface area contributed by atoms with E-state index < -0.39 is 30.3 Å². The zero-order chi connectivity index (χ0) is 25.8. The fraction of sp³-hybridized carbons (Fsp3) is 0.385. The minimum Gasteiger partial charge on any atom is -0.483 e. The SMILES string of the molecule is Cc1ccc(F)cc1-c1cc(C)n(C2CC3(C2)CN(C(=O)c2ccc(F)cc2OCC(F)(F)F)C3)n1. The second-order valence-electron chi connectivity index (χ2n) is 9.84. The number of likely N-dealkylation sites (tertiary alicyclic amines) is 1. The van der Waals surface area contributed by atoms with Crippen LogP contribution >= 0.6 is 0 Å². The van der Waals surface area contributed by atoms with Gasteiger partial charge >= 0.3 is 6.18 Å². The van der Waals surface area contributed by atoms with Crippen LogP contribution in [0.25, 0.3) is 11.3 Å². The molecule has 1 aliphatic heterocycles. The van der Waals surface area contributed by atoms with E-state index >= 15 is 0 Å². The topological polar surface area (TPSA) is 47.4 Å². The molecule has 1 saturated heterocycles. The van der Waals surface area contributed by atoms with Gasteiger partial charge in [-0.05, 0) is 62.6 Å². The van der Waals surface area contributed by atoms with Crippen molar-refractivity contribution in [2.75, 3.05) is 19.7 Å². The Bertz CT molecular complexity index is 1320. The van der Waals surface area contributed by atoms with Crippen molar-refractivity contribution in [3.8, 4) is 17.0 Å². The Morgan fingerprint density at radius 2 is 1.72 bits per heavy atom. The molecule has 1 aliphatic carbocycles. The molecule has 10 heteroatoms. The summed E-state index contributed by atoms with van der Waals surface area (Å²) < 4.78 is 71.7. The average Bonchev–Trinajstić information content (AvgIpc) is 3.12. The van der Waals surface area contributed by atoms with Crippen molar-refractivity contribution < 1.29 is 31.5 Å². The molecule has 2 fully saturated rings. The monoisotopic (exact) mass is 505 g/mol. The summed E-state index contributed by atoms with van der Waals surface area (Å²) in [4.78, 5) is 14.5. The third-order valence-electron chi connectivity index (χ3n) is 6.99. The zero-order valence-corrected chi connectivity index (χ0v) is 19.7. The Hall–Kier alpha value is -3.43. The number of alkyl halides is 3. The Kier molecular flexibility index (Phi) is 5.80. The van der Waals surface area contributed by atoms with Crippen LogP contribution in [-0.4, -0.2) is 46.5 Å². The lowest BCUT2D eigenvalue weighted by Gasteiger charge is -2.59. The molecular formula is C26H24F5N3O2. The standard InChI is InChI=1S/C26H24F5N3O2/c1-15-3-4-17(27)8-21(15)22-7-16(2)34(32-22)19-10-25(11-19)12-33(13-25)24(35)20-6-5-18(28)9-23(20)36-14-26(29,30)31/h3-9,19H,10-14H2,1-2H3. The van der Waals surface area contributed by atoms with Gasteiger partial charge in [0.25, 0.3) is 5.91 Å². The summed E-state index contributed by atoms with van der Waals surface area (Å²) in [5, 5.41) is 4.72. The number of benzene rings is 2.